The lowest BCUT2D eigenvalue weighted by Gasteiger charge is -2.03. The standard InChI is InChI=1S/C16H15N3O3S2/c1-7-13(23-8(2)17-7)16(21)22-6-11-18-14(20)12-9-4-3-5-10(9)24-15(12)19-11/h3-6H2,1-2H3,(H,18,19,20). The number of hydrogen-bond acceptors (Lipinski definition) is 7. The summed E-state index contributed by atoms with van der Waals surface area (Å²) in [7, 11) is 0. The van der Waals surface area contributed by atoms with Crippen molar-refractivity contribution < 1.29 is 9.53 Å². The van der Waals surface area contributed by atoms with Crippen LogP contribution in [0, 0.1) is 13.8 Å². The average molecular weight is 361 g/mol. The van der Waals surface area contributed by atoms with Crippen LogP contribution >= 0.6 is 22.7 Å². The van der Waals surface area contributed by atoms with Gasteiger partial charge in [-0.1, -0.05) is 0 Å². The number of nitrogens with zero attached hydrogens (tertiary/aromatic N) is 2. The maximum atomic E-state index is 12.4. The fourth-order valence-electron chi connectivity index (χ4n) is 3.04. The Morgan fingerprint density at radius 3 is 2.83 bits per heavy atom. The molecule has 1 N–H and O–H groups in total. The van der Waals surface area contributed by atoms with Crippen molar-refractivity contribution in [2.45, 2.75) is 39.7 Å². The molecule has 3 heterocycles. The number of hydrogen-bond donors (Lipinski definition) is 1. The first-order chi connectivity index (χ1) is 11.5. The zero-order valence-corrected chi connectivity index (χ0v) is 14.9. The summed E-state index contributed by atoms with van der Waals surface area (Å²) in [5, 5.41) is 1.53. The van der Waals surface area contributed by atoms with Gasteiger partial charge in [0.1, 0.15) is 22.1 Å². The van der Waals surface area contributed by atoms with Gasteiger partial charge in [0.05, 0.1) is 16.1 Å². The molecular weight excluding hydrogens is 346 g/mol. The molecule has 0 unspecified atom stereocenters. The average Bonchev–Trinajstić information content (AvgIpc) is 3.18. The predicted molar refractivity (Wildman–Crippen MR) is 93.0 cm³/mol. The summed E-state index contributed by atoms with van der Waals surface area (Å²) in [5.74, 6) is -0.0609. The number of ether oxygens (including phenoxy) is 1. The smallest absolute Gasteiger partial charge is 0.350 e. The SMILES string of the molecule is Cc1nc(C)c(C(=O)OCc2nc3sc4c(c3c(=O)[nH]2)CCC4)s1. The highest BCUT2D eigenvalue weighted by molar-refractivity contribution is 7.18. The van der Waals surface area contributed by atoms with E-state index < -0.39 is 5.97 Å². The highest BCUT2D eigenvalue weighted by Crippen LogP contribution is 2.34. The van der Waals surface area contributed by atoms with Crippen LogP contribution < -0.4 is 5.56 Å². The Kier molecular flexibility index (Phi) is 3.73. The van der Waals surface area contributed by atoms with Crippen LogP contribution in [-0.2, 0) is 24.2 Å². The molecule has 6 nitrogen and oxygen atoms in total. The number of aromatic amines is 1. The normalized spacial score (nSPS) is 13.4. The van der Waals surface area contributed by atoms with Crippen molar-refractivity contribution in [2.75, 3.05) is 0 Å². The summed E-state index contributed by atoms with van der Waals surface area (Å²) < 4.78 is 5.29. The van der Waals surface area contributed by atoms with Crippen molar-refractivity contribution in [1.29, 1.82) is 0 Å². The molecule has 124 valence electrons. The molecule has 0 aliphatic heterocycles. The fourth-order valence-corrected chi connectivity index (χ4v) is 5.13. The first-order valence-electron chi connectivity index (χ1n) is 7.67. The summed E-state index contributed by atoms with van der Waals surface area (Å²) in [4.78, 5) is 38.4. The van der Waals surface area contributed by atoms with Crippen molar-refractivity contribution in [1.82, 2.24) is 15.0 Å². The van der Waals surface area contributed by atoms with E-state index in [0.717, 1.165) is 34.7 Å². The van der Waals surface area contributed by atoms with E-state index in [0.29, 0.717) is 21.8 Å². The minimum Gasteiger partial charge on any atom is -0.453 e. The monoisotopic (exact) mass is 361 g/mol. The molecule has 3 aromatic heterocycles. The van der Waals surface area contributed by atoms with Gasteiger partial charge in [-0.25, -0.2) is 14.8 Å². The van der Waals surface area contributed by atoms with Gasteiger partial charge >= 0.3 is 5.97 Å². The Labute approximate surface area is 145 Å². The van der Waals surface area contributed by atoms with Gasteiger partial charge in [-0.3, -0.25) is 4.79 Å². The molecule has 4 rings (SSSR count). The molecule has 0 amide bonds. The van der Waals surface area contributed by atoms with E-state index in [-0.39, 0.29) is 12.2 Å². The van der Waals surface area contributed by atoms with Crippen LogP contribution in [-0.4, -0.2) is 20.9 Å². The fraction of sp³-hybridized carbons (Fsp3) is 0.375. The second kappa shape index (κ2) is 5.78. The second-order valence-corrected chi connectivity index (χ2v) is 8.06. The van der Waals surface area contributed by atoms with E-state index in [9.17, 15) is 9.59 Å². The lowest BCUT2D eigenvalue weighted by molar-refractivity contribution is 0.0467. The van der Waals surface area contributed by atoms with Crippen molar-refractivity contribution in [3.8, 4) is 0 Å². The van der Waals surface area contributed by atoms with E-state index in [1.54, 1.807) is 18.3 Å². The predicted octanol–water partition coefficient (Wildman–Crippen LogP) is 2.90. The number of aromatic nitrogens is 3. The van der Waals surface area contributed by atoms with E-state index in [1.165, 1.54) is 16.2 Å². The minimum atomic E-state index is -0.436. The van der Waals surface area contributed by atoms with Gasteiger partial charge in [-0.05, 0) is 38.7 Å². The number of rotatable bonds is 3. The molecule has 0 saturated carbocycles. The number of aryl methyl sites for hydroxylation is 4. The molecular formula is C16H15N3O3S2. The van der Waals surface area contributed by atoms with Crippen molar-refractivity contribution in [3.05, 3.63) is 42.2 Å². The Balaban J connectivity index is 1.58. The maximum absolute atomic E-state index is 12.4. The van der Waals surface area contributed by atoms with Gasteiger partial charge in [0, 0.05) is 4.88 Å². The first kappa shape index (κ1) is 15.5. The summed E-state index contributed by atoms with van der Waals surface area (Å²) in [5.41, 5.74) is 1.66. The molecule has 3 aromatic rings. The Morgan fingerprint density at radius 1 is 1.25 bits per heavy atom. The van der Waals surface area contributed by atoms with Crippen molar-refractivity contribution in [2.24, 2.45) is 0 Å². The van der Waals surface area contributed by atoms with E-state index in [1.807, 2.05) is 6.92 Å². The van der Waals surface area contributed by atoms with Crippen LogP contribution in [0.2, 0.25) is 0 Å². The number of carbonyl (C=O) groups excluding carboxylic acids is 1. The Hall–Kier alpha value is -2.06. The van der Waals surface area contributed by atoms with Crippen LogP contribution in [0.5, 0.6) is 0 Å². The van der Waals surface area contributed by atoms with Crippen molar-refractivity contribution in [3.63, 3.8) is 0 Å². The van der Waals surface area contributed by atoms with Crippen molar-refractivity contribution >= 4 is 38.9 Å². The number of carbonyl (C=O) groups is 1. The molecule has 0 fully saturated rings. The summed E-state index contributed by atoms with van der Waals surface area (Å²) in [6.07, 6.45) is 3.06. The van der Waals surface area contributed by atoms with Crippen LogP contribution in [0.25, 0.3) is 10.2 Å². The highest BCUT2D eigenvalue weighted by atomic mass is 32.1. The van der Waals surface area contributed by atoms with Crippen LogP contribution in [0.4, 0.5) is 0 Å². The number of nitrogens with one attached hydrogen (secondary N) is 1. The number of thiophene rings is 1. The molecule has 0 bridgehead atoms. The van der Waals surface area contributed by atoms with E-state index in [2.05, 4.69) is 15.0 Å². The molecule has 0 saturated heterocycles. The van der Waals surface area contributed by atoms with Crippen LogP contribution in [0.3, 0.4) is 0 Å². The summed E-state index contributed by atoms with van der Waals surface area (Å²) in [6.45, 7) is 3.57. The molecule has 0 radical (unpaired) electrons. The van der Waals surface area contributed by atoms with E-state index in [4.69, 9.17) is 4.74 Å². The summed E-state index contributed by atoms with van der Waals surface area (Å²) >= 11 is 2.87. The quantitative estimate of drug-likeness (QED) is 0.725. The maximum Gasteiger partial charge on any atom is 0.350 e. The molecule has 8 heteroatoms. The Bertz CT molecular complexity index is 1020. The number of fused-ring (bicyclic) bond motifs is 3. The molecule has 0 aromatic carbocycles. The zero-order valence-electron chi connectivity index (χ0n) is 13.3. The minimum absolute atomic E-state index is 0.0526. The molecule has 0 spiro atoms. The van der Waals surface area contributed by atoms with Crippen LogP contribution in [0.15, 0.2) is 4.79 Å². The summed E-state index contributed by atoms with van der Waals surface area (Å²) in [6, 6.07) is 0. The lowest BCUT2D eigenvalue weighted by Crippen LogP contribution is -2.14. The second-order valence-electron chi connectivity index (χ2n) is 5.77. The number of H-pyrrole nitrogens is 1. The number of esters is 1. The molecule has 1 aliphatic carbocycles. The molecule has 0 atom stereocenters. The van der Waals surface area contributed by atoms with Gasteiger partial charge in [-0.2, -0.15) is 0 Å². The highest BCUT2D eigenvalue weighted by Gasteiger charge is 2.21. The van der Waals surface area contributed by atoms with Crippen LogP contribution in [0.1, 0.15) is 43.1 Å². The van der Waals surface area contributed by atoms with Gasteiger partial charge in [0.25, 0.3) is 5.56 Å². The van der Waals surface area contributed by atoms with E-state index >= 15 is 0 Å². The first-order valence-corrected chi connectivity index (χ1v) is 9.31. The zero-order chi connectivity index (χ0) is 16.8. The third kappa shape index (κ3) is 2.55. The van der Waals surface area contributed by atoms with Gasteiger partial charge in [-0.15, -0.1) is 22.7 Å². The third-order valence-corrected chi connectivity index (χ3v) is 6.29. The van der Waals surface area contributed by atoms with Gasteiger partial charge in [0.2, 0.25) is 0 Å². The lowest BCUT2D eigenvalue weighted by atomic mass is 10.2. The topological polar surface area (TPSA) is 84.9 Å². The molecule has 1 aliphatic rings. The largest absolute Gasteiger partial charge is 0.453 e. The van der Waals surface area contributed by atoms with Gasteiger partial charge < -0.3 is 9.72 Å². The van der Waals surface area contributed by atoms with Gasteiger partial charge in [0.15, 0.2) is 0 Å². The Morgan fingerprint density at radius 2 is 2.08 bits per heavy atom. The third-order valence-electron chi connectivity index (χ3n) is 4.05. The number of thiazole rings is 1. The molecule has 24 heavy (non-hydrogen) atoms.